The third kappa shape index (κ3) is 3.92. The molecule has 3 rings (SSSR count). The normalized spacial score (nSPS) is 16.2. The van der Waals surface area contributed by atoms with E-state index < -0.39 is 5.97 Å². The Hall–Kier alpha value is -2.70. The third-order valence-electron chi connectivity index (χ3n) is 4.78. The zero-order valence-electron chi connectivity index (χ0n) is 14.8. The molecule has 0 N–H and O–H groups in total. The summed E-state index contributed by atoms with van der Waals surface area (Å²) in [6.07, 6.45) is 3.52. The van der Waals surface area contributed by atoms with Crippen molar-refractivity contribution in [2.75, 3.05) is 26.7 Å². The van der Waals surface area contributed by atoms with Gasteiger partial charge in [-0.3, -0.25) is 19.3 Å². The van der Waals surface area contributed by atoms with Crippen molar-refractivity contribution in [3.63, 3.8) is 0 Å². The van der Waals surface area contributed by atoms with E-state index in [2.05, 4.69) is 0 Å². The summed E-state index contributed by atoms with van der Waals surface area (Å²) < 4.78 is 5.03. The minimum Gasteiger partial charge on any atom is -0.457 e. The summed E-state index contributed by atoms with van der Waals surface area (Å²) in [5.74, 6) is -0.996. The number of urea groups is 1. The second-order valence-corrected chi connectivity index (χ2v) is 6.71. The van der Waals surface area contributed by atoms with E-state index >= 15 is 0 Å². The van der Waals surface area contributed by atoms with Crippen LogP contribution in [0.2, 0.25) is 0 Å². The number of nitrogens with zero attached hydrogens (tertiary/aromatic N) is 2. The molecule has 1 aliphatic carbocycles. The Kier molecular flexibility index (Phi) is 5.35. The van der Waals surface area contributed by atoms with Gasteiger partial charge in [0.05, 0.1) is 0 Å². The molecular formula is C19H22N2O5. The van der Waals surface area contributed by atoms with E-state index in [4.69, 9.17) is 4.74 Å². The maximum Gasteiger partial charge on any atom is 0.326 e. The first-order chi connectivity index (χ1) is 12.5. The van der Waals surface area contributed by atoms with E-state index in [0.29, 0.717) is 12.0 Å². The number of imide groups is 1. The number of fused-ring (bicyclic) bond motifs is 1. The summed E-state index contributed by atoms with van der Waals surface area (Å²) >= 11 is 0. The lowest BCUT2D eigenvalue weighted by Gasteiger charge is -2.13. The van der Waals surface area contributed by atoms with Crippen molar-refractivity contribution >= 4 is 23.7 Å². The van der Waals surface area contributed by atoms with Gasteiger partial charge < -0.3 is 9.64 Å². The number of esters is 1. The first kappa shape index (κ1) is 18.1. The van der Waals surface area contributed by atoms with Crippen LogP contribution in [0.1, 0.15) is 40.7 Å². The average molecular weight is 358 g/mol. The zero-order valence-corrected chi connectivity index (χ0v) is 14.8. The summed E-state index contributed by atoms with van der Waals surface area (Å²) in [6, 6.07) is 5.29. The Morgan fingerprint density at radius 1 is 1.15 bits per heavy atom. The first-order valence-electron chi connectivity index (χ1n) is 8.82. The van der Waals surface area contributed by atoms with Crippen LogP contribution in [0.15, 0.2) is 18.2 Å². The van der Waals surface area contributed by atoms with Crippen molar-refractivity contribution in [2.24, 2.45) is 0 Å². The van der Waals surface area contributed by atoms with Crippen LogP contribution in [0.4, 0.5) is 4.79 Å². The van der Waals surface area contributed by atoms with Crippen molar-refractivity contribution in [1.82, 2.24) is 9.80 Å². The molecule has 7 nitrogen and oxygen atoms in total. The van der Waals surface area contributed by atoms with Gasteiger partial charge >= 0.3 is 12.0 Å². The van der Waals surface area contributed by atoms with Gasteiger partial charge in [0.25, 0.3) is 0 Å². The molecule has 1 heterocycles. The monoisotopic (exact) mass is 358 g/mol. The Morgan fingerprint density at radius 2 is 1.92 bits per heavy atom. The van der Waals surface area contributed by atoms with Crippen LogP contribution in [0, 0.1) is 0 Å². The smallest absolute Gasteiger partial charge is 0.326 e. The molecule has 7 heteroatoms. The number of amides is 3. The second kappa shape index (κ2) is 7.68. The lowest BCUT2D eigenvalue weighted by Crippen LogP contribution is -2.32. The molecule has 1 aromatic rings. The predicted molar refractivity (Wildman–Crippen MR) is 92.7 cm³/mol. The number of rotatable bonds is 7. The number of ketones is 1. The van der Waals surface area contributed by atoms with E-state index in [0.717, 1.165) is 24.2 Å². The van der Waals surface area contributed by atoms with Gasteiger partial charge in [0, 0.05) is 25.6 Å². The van der Waals surface area contributed by atoms with E-state index in [9.17, 15) is 19.2 Å². The number of Topliss-reactive ketones (excluding diaryl/α,β-unsaturated/α-hetero) is 1. The Morgan fingerprint density at radius 3 is 2.65 bits per heavy atom. The number of likely N-dealkylation sites (N-methyl/N-ethyl adjacent to an activating group) is 1. The highest BCUT2D eigenvalue weighted by molar-refractivity contribution is 6.01. The molecule has 138 valence electrons. The van der Waals surface area contributed by atoms with Gasteiger partial charge in [-0.15, -0.1) is 0 Å². The number of benzene rings is 1. The number of hydrogen-bond donors (Lipinski definition) is 0. The van der Waals surface area contributed by atoms with Gasteiger partial charge in [0.2, 0.25) is 5.91 Å². The van der Waals surface area contributed by atoms with E-state index in [1.54, 1.807) is 13.1 Å². The lowest BCUT2D eigenvalue weighted by molar-refractivity contribution is -0.142. The fraction of sp³-hybridized carbons (Fsp3) is 0.474. The molecule has 1 aromatic carbocycles. The van der Waals surface area contributed by atoms with Crippen LogP contribution in [-0.4, -0.2) is 60.2 Å². The molecule has 1 saturated heterocycles. The minimum absolute atomic E-state index is 0.0538. The third-order valence-corrected chi connectivity index (χ3v) is 4.78. The van der Waals surface area contributed by atoms with Crippen LogP contribution >= 0.6 is 0 Å². The Balaban J connectivity index is 1.41. The number of carbonyl (C=O) groups excluding carboxylic acids is 4. The molecule has 2 aliphatic rings. The molecule has 0 bridgehead atoms. The molecule has 26 heavy (non-hydrogen) atoms. The first-order valence-corrected chi connectivity index (χ1v) is 8.82. The molecule has 0 saturated carbocycles. The van der Waals surface area contributed by atoms with E-state index in [1.165, 1.54) is 16.0 Å². The van der Waals surface area contributed by atoms with Gasteiger partial charge in [0.15, 0.2) is 12.4 Å². The van der Waals surface area contributed by atoms with Crippen molar-refractivity contribution in [3.05, 3.63) is 34.9 Å². The van der Waals surface area contributed by atoms with Crippen molar-refractivity contribution in [3.8, 4) is 0 Å². The van der Waals surface area contributed by atoms with Gasteiger partial charge in [-0.05, 0) is 42.9 Å². The summed E-state index contributed by atoms with van der Waals surface area (Å²) in [4.78, 5) is 49.8. The zero-order chi connectivity index (χ0) is 18.7. The molecule has 1 fully saturated rings. The standard InChI is InChI=1S/C19H22N2O5/c1-20-11-17(23)21(19(20)25)9-3-6-18(24)26-12-16(22)15-8-7-13-4-2-5-14(13)10-15/h7-8,10H,2-6,9,11-12H2,1H3. The summed E-state index contributed by atoms with van der Waals surface area (Å²) in [5, 5.41) is 0. The second-order valence-electron chi connectivity index (χ2n) is 6.71. The van der Waals surface area contributed by atoms with Gasteiger partial charge in [-0.2, -0.15) is 0 Å². The fourth-order valence-electron chi connectivity index (χ4n) is 3.32. The van der Waals surface area contributed by atoms with E-state index in [-0.39, 0.29) is 43.8 Å². The Labute approximate surface area is 151 Å². The topological polar surface area (TPSA) is 84.0 Å². The molecule has 0 unspecified atom stereocenters. The predicted octanol–water partition coefficient (Wildman–Crippen LogP) is 1.58. The summed E-state index contributed by atoms with van der Waals surface area (Å²) in [7, 11) is 1.55. The molecule has 0 aromatic heterocycles. The summed E-state index contributed by atoms with van der Waals surface area (Å²) in [5.41, 5.74) is 3.05. The highest BCUT2D eigenvalue weighted by atomic mass is 16.5. The van der Waals surface area contributed by atoms with Crippen LogP contribution in [0.3, 0.4) is 0 Å². The average Bonchev–Trinajstić information content (AvgIpc) is 3.18. The molecule has 0 radical (unpaired) electrons. The van der Waals surface area contributed by atoms with Crippen LogP contribution in [0.25, 0.3) is 0 Å². The van der Waals surface area contributed by atoms with Crippen LogP contribution < -0.4 is 0 Å². The molecule has 0 atom stereocenters. The van der Waals surface area contributed by atoms with Gasteiger partial charge in [-0.1, -0.05) is 12.1 Å². The number of hydrogen-bond acceptors (Lipinski definition) is 5. The minimum atomic E-state index is -0.507. The van der Waals surface area contributed by atoms with Crippen LogP contribution in [-0.2, 0) is 27.2 Å². The maximum absolute atomic E-state index is 12.2. The van der Waals surface area contributed by atoms with E-state index in [1.807, 2.05) is 12.1 Å². The number of ether oxygens (including phenoxy) is 1. The number of carbonyl (C=O) groups is 4. The molecule has 3 amide bonds. The van der Waals surface area contributed by atoms with Crippen molar-refractivity contribution in [1.29, 1.82) is 0 Å². The van der Waals surface area contributed by atoms with Crippen molar-refractivity contribution in [2.45, 2.75) is 32.1 Å². The Bertz CT molecular complexity index is 758. The van der Waals surface area contributed by atoms with Crippen LogP contribution in [0.5, 0.6) is 0 Å². The van der Waals surface area contributed by atoms with Crippen molar-refractivity contribution < 1.29 is 23.9 Å². The summed E-state index contributed by atoms with van der Waals surface area (Å²) in [6.45, 7) is -0.0453. The van der Waals surface area contributed by atoms with Gasteiger partial charge in [0.1, 0.15) is 6.54 Å². The van der Waals surface area contributed by atoms with Gasteiger partial charge in [-0.25, -0.2) is 4.79 Å². The number of aryl methyl sites for hydroxylation is 2. The molecule has 1 aliphatic heterocycles. The molecule has 0 spiro atoms. The highest BCUT2D eigenvalue weighted by Crippen LogP contribution is 2.23. The highest BCUT2D eigenvalue weighted by Gasteiger charge is 2.32. The quantitative estimate of drug-likeness (QED) is 0.420. The maximum atomic E-state index is 12.2. The fourth-order valence-corrected chi connectivity index (χ4v) is 3.32. The SMILES string of the molecule is CN1CC(=O)N(CCCC(=O)OCC(=O)c2ccc3c(c2)CCC3)C1=O. The largest absolute Gasteiger partial charge is 0.457 e. The lowest BCUT2D eigenvalue weighted by atomic mass is 10.0. The molecular weight excluding hydrogens is 336 g/mol.